The number of amides is 4. The van der Waals surface area contributed by atoms with Gasteiger partial charge in [0.05, 0.1) is 22.4 Å². The van der Waals surface area contributed by atoms with Gasteiger partial charge in [-0.05, 0) is 49.9 Å². The number of H-pyrrole nitrogens is 2. The highest BCUT2D eigenvalue weighted by atomic mass is 16.2. The molecule has 2 heterocycles. The van der Waals surface area contributed by atoms with Gasteiger partial charge < -0.3 is 31.2 Å². The molecule has 0 fully saturated rings. The van der Waals surface area contributed by atoms with E-state index in [0.717, 1.165) is 81.4 Å². The van der Waals surface area contributed by atoms with Crippen LogP contribution in [0.5, 0.6) is 0 Å². The molecule has 0 aliphatic heterocycles. The van der Waals surface area contributed by atoms with Crippen molar-refractivity contribution in [1.29, 1.82) is 0 Å². The van der Waals surface area contributed by atoms with Gasteiger partial charge in [0.1, 0.15) is 0 Å². The van der Waals surface area contributed by atoms with Crippen LogP contribution in [0.4, 0.5) is 21.0 Å². The zero-order valence-corrected chi connectivity index (χ0v) is 23.1. The van der Waals surface area contributed by atoms with Gasteiger partial charge in [-0.3, -0.25) is 0 Å². The quantitative estimate of drug-likeness (QED) is 0.125. The van der Waals surface area contributed by atoms with Gasteiger partial charge in [-0.1, -0.05) is 57.9 Å². The fourth-order valence-corrected chi connectivity index (χ4v) is 5.06. The van der Waals surface area contributed by atoms with E-state index in [1.54, 1.807) is 0 Å². The van der Waals surface area contributed by atoms with Crippen molar-refractivity contribution in [1.82, 2.24) is 20.6 Å². The highest BCUT2D eigenvalue weighted by Crippen LogP contribution is 2.37. The van der Waals surface area contributed by atoms with Crippen LogP contribution in [0.3, 0.4) is 0 Å². The Labute approximate surface area is 224 Å². The van der Waals surface area contributed by atoms with E-state index in [9.17, 15) is 9.59 Å². The molecule has 0 spiro atoms. The number of aromatic nitrogens is 2. The summed E-state index contributed by atoms with van der Waals surface area (Å²) in [6, 6.07) is 11.5. The number of nitrogens with one attached hydrogen (secondary N) is 6. The fraction of sp³-hybridized carbons (Fsp3) is 0.400. The second-order valence-corrected chi connectivity index (χ2v) is 9.97. The predicted molar refractivity (Wildman–Crippen MR) is 157 cm³/mol. The number of rotatable bonds is 10. The topological polar surface area (TPSA) is 114 Å². The molecule has 2 aromatic carbocycles. The first-order valence-electron chi connectivity index (χ1n) is 13.7. The van der Waals surface area contributed by atoms with Crippen LogP contribution >= 0.6 is 0 Å². The van der Waals surface area contributed by atoms with Crippen LogP contribution in [0.25, 0.3) is 21.8 Å². The van der Waals surface area contributed by atoms with E-state index in [1.165, 1.54) is 0 Å². The lowest BCUT2D eigenvalue weighted by Gasteiger charge is -2.12. The molecular formula is C30H40N6O2. The Bertz CT molecular complexity index is 1330. The van der Waals surface area contributed by atoms with Gasteiger partial charge in [0.2, 0.25) is 0 Å². The molecule has 0 saturated heterocycles. The average molecular weight is 517 g/mol. The van der Waals surface area contributed by atoms with E-state index in [-0.39, 0.29) is 18.0 Å². The molecule has 0 radical (unpaired) electrons. The van der Waals surface area contributed by atoms with Crippen molar-refractivity contribution < 1.29 is 9.59 Å². The lowest BCUT2D eigenvalue weighted by atomic mass is 9.96. The van der Waals surface area contributed by atoms with Gasteiger partial charge in [-0.25, -0.2) is 9.59 Å². The highest BCUT2D eigenvalue weighted by Gasteiger charge is 2.22. The van der Waals surface area contributed by atoms with Crippen molar-refractivity contribution in [2.24, 2.45) is 0 Å². The smallest absolute Gasteiger partial charge is 0.319 e. The van der Waals surface area contributed by atoms with Crippen LogP contribution < -0.4 is 21.3 Å². The normalized spacial score (nSPS) is 11.3. The number of carbonyl (C=O) groups is 2. The molecule has 202 valence electrons. The van der Waals surface area contributed by atoms with Gasteiger partial charge in [-0.15, -0.1) is 0 Å². The first-order valence-corrected chi connectivity index (χ1v) is 13.7. The Morgan fingerprint density at radius 1 is 0.737 bits per heavy atom. The molecule has 4 rings (SSSR count). The number of unbranched alkanes of at least 4 members (excludes halogenated alkanes) is 2. The largest absolute Gasteiger partial charge is 0.356 e. The van der Waals surface area contributed by atoms with Gasteiger partial charge in [-0.2, -0.15) is 0 Å². The van der Waals surface area contributed by atoms with E-state index in [0.29, 0.717) is 13.1 Å². The minimum absolute atomic E-state index is 0.0345. The molecule has 2 aromatic heterocycles. The minimum atomic E-state index is -0.196. The van der Waals surface area contributed by atoms with Crippen LogP contribution in [0.15, 0.2) is 36.4 Å². The molecule has 0 unspecified atom stereocenters. The summed E-state index contributed by atoms with van der Waals surface area (Å²) in [6.45, 7) is 11.9. The number of urea groups is 2. The number of carbonyl (C=O) groups excluding carboxylic acids is 2. The molecule has 38 heavy (non-hydrogen) atoms. The van der Waals surface area contributed by atoms with Crippen molar-refractivity contribution in [2.45, 2.75) is 66.2 Å². The molecule has 0 aliphatic rings. The number of para-hydroxylation sites is 2. The van der Waals surface area contributed by atoms with Crippen molar-refractivity contribution >= 4 is 45.2 Å². The Balaban J connectivity index is 1.63. The number of hydrogen-bond acceptors (Lipinski definition) is 2. The van der Waals surface area contributed by atoms with Gasteiger partial charge in [0.15, 0.2) is 0 Å². The summed E-state index contributed by atoms with van der Waals surface area (Å²) in [5.41, 5.74) is 7.81. The van der Waals surface area contributed by atoms with Crippen molar-refractivity contribution in [3.8, 4) is 0 Å². The molecule has 6 N–H and O–H groups in total. The summed E-state index contributed by atoms with van der Waals surface area (Å²) in [5, 5.41) is 14.0. The van der Waals surface area contributed by atoms with Crippen molar-refractivity contribution in [3.05, 3.63) is 58.9 Å². The zero-order chi connectivity index (χ0) is 27.2. The fourth-order valence-electron chi connectivity index (χ4n) is 5.06. The SMILES string of the molecule is CCCCNC(=O)Nc1cccc2c(C)c(C(C)c3[nH]c4c(NC(=O)NCCCC)cccc4c3C)[nH]c12. The minimum Gasteiger partial charge on any atom is -0.356 e. The molecule has 0 aliphatic carbocycles. The molecule has 8 heteroatoms. The number of aryl methyl sites for hydroxylation is 2. The lowest BCUT2D eigenvalue weighted by Crippen LogP contribution is -2.29. The molecule has 4 aromatic rings. The number of hydrogen-bond donors (Lipinski definition) is 6. The number of fused-ring (bicyclic) bond motifs is 2. The summed E-state index contributed by atoms with van der Waals surface area (Å²) >= 11 is 0. The maximum atomic E-state index is 12.4. The van der Waals surface area contributed by atoms with E-state index in [2.05, 4.69) is 78.0 Å². The van der Waals surface area contributed by atoms with E-state index in [1.807, 2.05) is 24.3 Å². The standard InChI is InChI=1S/C30H40N6O2/c1-6-8-16-31-29(37)33-23-14-10-12-21-18(3)25(35-27(21)23)20(5)26-19(4)22-13-11-15-24(28(22)36-26)34-30(38)32-17-9-7-2/h10-15,20,35-36H,6-9,16-17H2,1-5H3,(H2,31,33,37)(H2,32,34,38). The zero-order valence-electron chi connectivity index (χ0n) is 23.1. The third kappa shape index (κ3) is 5.64. The molecule has 8 nitrogen and oxygen atoms in total. The molecular weight excluding hydrogens is 476 g/mol. The van der Waals surface area contributed by atoms with Crippen LogP contribution in [-0.2, 0) is 0 Å². The first-order chi connectivity index (χ1) is 18.3. The van der Waals surface area contributed by atoms with Crippen LogP contribution in [-0.4, -0.2) is 35.1 Å². The van der Waals surface area contributed by atoms with E-state index in [4.69, 9.17) is 0 Å². The molecule has 0 saturated carbocycles. The van der Waals surface area contributed by atoms with E-state index >= 15 is 0 Å². The summed E-state index contributed by atoms with van der Waals surface area (Å²) in [5.74, 6) is 0.0345. The summed E-state index contributed by atoms with van der Waals surface area (Å²) < 4.78 is 0. The maximum absolute atomic E-state index is 12.4. The summed E-state index contributed by atoms with van der Waals surface area (Å²) in [7, 11) is 0. The van der Waals surface area contributed by atoms with Gasteiger partial charge >= 0.3 is 12.1 Å². The lowest BCUT2D eigenvalue weighted by molar-refractivity contribution is 0.251. The first kappa shape index (κ1) is 27.1. The average Bonchev–Trinajstić information content (AvgIpc) is 3.42. The summed E-state index contributed by atoms with van der Waals surface area (Å²) in [6.07, 6.45) is 3.96. The van der Waals surface area contributed by atoms with Crippen LogP contribution in [0, 0.1) is 13.8 Å². The predicted octanol–water partition coefficient (Wildman–Crippen LogP) is 7.26. The third-order valence-electron chi connectivity index (χ3n) is 7.26. The Kier molecular flexibility index (Phi) is 8.61. The molecule has 0 atom stereocenters. The Hall–Kier alpha value is -3.94. The molecule has 4 amide bonds. The summed E-state index contributed by atoms with van der Waals surface area (Å²) in [4.78, 5) is 32.1. The Morgan fingerprint density at radius 2 is 1.16 bits per heavy atom. The Morgan fingerprint density at radius 3 is 1.55 bits per heavy atom. The highest BCUT2D eigenvalue weighted by molar-refractivity contribution is 6.03. The second-order valence-electron chi connectivity index (χ2n) is 9.97. The van der Waals surface area contributed by atoms with Crippen LogP contribution in [0.1, 0.15) is 74.9 Å². The number of aromatic amines is 2. The van der Waals surface area contributed by atoms with Crippen molar-refractivity contribution in [2.75, 3.05) is 23.7 Å². The number of benzene rings is 2. The maximum Gasteiger partial charge on any atom is 0.319 e. The number of anilines is 2. The molecule has 0 bridgehead atoms. The van der Waals surface area contributed by atoms with Crippen LogP contribution in [0.2, 0.25) is 0 Å². The third-order valence-corrected chi connectivity index (χ3v) is 7.26. The van der Waals surface area contributed by atoms with E-state index < -0.39 is 0 Å². The second kappa shape index (κ2) is 12.1. The monoisotopic (exact) mass is 516 g/mol. The van der Waals surface area contributed by atoms with Crippen molar-refractivity contribution in [3.63, 3.8) is 0 Å². The van der Waals surface area contributed by atoms with Gasteiger partial charge in [0.25, 0.3) is 0 Å². The van der Waals surface area contributed by atoms with Gasteiger partial charge in [0, 0.05) is 41.2 Å².